The number of hydrogen-bond donors (Lipinski definition) is 1. The smallest absolute Gasteiger partial charge is 0.171 e. The molecule has 90 valence electrons. The third-order valence-corrected chi connectivity index (χ3v) is 2.68. The van der Waals surface area contributed by atoms with Gasteiger partial charge in [-0.25, -0.2) is 0 Å². The second kappa shape index (κ2) is 4.59. The average molecular weight is 232 g/mol. The topological polar surface area (TPSA) is 61.3 Å². The summed E-state index contributed by atoms with van der Waals surface area (Å²) in [5.74, 6) is 1.49. The van der Waals surface area contributed by atoms with Crippen LogP contribution >= 0.6 is 0 Å². The number of hydrogen-bond acceptors (Lipinski definition) is 4. The molecule has 0 amide bonds. The second-order valence-electron chi connectivity index (χ2n) is 4.05. The molecule has 2 aromatic rings. The van der Waals surface area contributed by atoms with Crippen LogP contribution in [0.2, 0.25) is 0 Å². The van der Waals surface area contributed by atoms with Crippen molar-refractivity contribution >= 4 is 0 Å². The minimum atomic E-state index is 0.372. The second-order valence-corrected chi connectivity index (χ2v) is 4.05. The number of benzene rings is 1. The molecule has 2 N–H and O–H groups in total. The van der Waals surface area contributed by atoms with Gasteiger partial charge in [0.2, 0.25) is 0 Å². The molecule has 0 saturated heterocycles. The Balaban J connectivity index is 2.57. The number of ether oxygens (including phenoxy) is 1. The van der Waals surface area contributed by atoms with Crippen molar-refractivity contribution in [2.45, 2.75) is 20.4 Å². The molecular formula is C13H16N2O2. The third kappa shape index (κ3) is 2.17. The van der Waals surface area contributed by atoms with Crippen LogP contribution < -0.4 is 10.5 Å². The lowest BCUT2D eigenvalue weighted by Crippen LogP contribution is -1.95. The number of aromatic nitrogens is 1. The Labute approximate surface area is 100 Å². The molecule has 0 atom stereocenters. The molecule has 1 aromatic carbocycles. The highest BCUT2D eigenvalue weighted by Gasteiger charge is 2.14. The Bertz CT molecular complexity index is 532. The van der Waals surface area contributed by atoms with Crippen LogP contribution in [0.1, 0.15) is 16.8 Å². The molecule has 0 aliphatic rings. The van der Waals surface area contributed by atoms with E-state index in [2.05, 4.69) is 11.2 Å². The predicted molar refractivity (Wildman–Crippen MR) is 65.9 cm³/mol. The zero-order chi connectivity index (χ0) is 12.4. The highest BCUT2D eigenvalue weighted by Crippen LogP contribution is 2.34. The Hall–Kier alpha value is -1.81. The van der Waals surface area contributed by atoms with Crippen molar-refractivity contribution in [3.05, 3.63) is 35.0 Å². The van der Waals surface area contributed by atoms with Crippen molar-refractivity contribution in [1.82, 2.24) is 5.16 Å². The molecule has 0 spiro atoms. The molecule has 4 heteroatoms. The van der Waals surface area contributed by atoms with E-state index in [4.69, 9.17) is 15.0 Å². The van der Waals surface area contributed by atoms with Gasteiger partial charge in [-0.2, -0.15) is 0 Å². The van der Waals surface area contributed by atoms with E-state index < -0.39 is 0 Å². The minimum absolute atomic E-state index is 0.372. The first-order valence-electron chi connectivity index (χ1n) is 5.47. The van der Waals surface area contributed by atoms with Crippen molar-refractivity contribution in [1.29, 1.82) is 0 Å². The molecule has 1 aromatic heterocycles. The average Bonchev–Trinajstić information content (AvgIpc) is 2.76. The van der Waals surface area contributed by atoms with Crippen molar-refractivity contribution in [3.8, 4) is 17.1 Å². The molecule has 4 nitrogen and oxygen atoms in total. The summed E-state index contributed by atoms with van der Waals surface area (Å²) in [7, 11) is 1.65. The first kappa shape index (κ1) is 11.7. The third-order valence-electron chi connectivity index (χ3n) is 2.68. The fourth-order valence-electron chi connectivity index (χ4n) is 1.93. The first-order chi connectivity index (χ1) is 8.15. The fraction of sp³-hybridized carbons (Fsp3) is 0.308. The number of nitrogens with zero attached hydrogens (tertiary/aromatic N) is 1. The molecule has 0 unspecified atom stereocenters. The standard InChI is InChI=1S/C13H16N2O2/c1-8-4-9(2)13(11(5-8)16-3)12-6-10(7-14)15-17-12/h4-6H,7,14H2,1-3H3. The van der Waals surface area contributed by atoms with E-state index in [1.165, 1.54) is 0 Å². The van der Waals surface area contributed by atoms with E-state index >= 15 is 0 Å². The maximum Gasteiger partial charge on any atom is 0.171 e. The van der Waals surface area contributed by atoms with E-state index in [0.29, 0.717) is 12.3 Å². The Morgan fingerprint density at radius 1 is 1.29 bits per heavy atom. The van der Waals surface area contributed by atoms with Gasteiger partial charge in [0.25, 0.3) is 0 Å². The molecule has 0 aliphatic carbocycles. The highest BCUT2D eigenvalue weighted by atomic mass is 16.5. The zero-order valence-electron chi connectivity index (χ0n) is 10.3. The summed E-state index contributed by atoms with van der Waals surface area (Å²) in [4.78, 5) is 0. The monoisotopic (exact) mass is 232 g/mol. The van der Waals surface area contributed by atoms with Crippen molar-refractivity contribution in [2.24, 2.45) is 5.73 Å². The van der Waals surface area contributed by atoms with Crippen LogP contribution in [0.15, 0.2) is 22.7 Å². The summed E-state index contributed by atoms with van der Waals surface area (Å²) < 4.78 is 10.7. The summed E-state index contributed by atoms with van der Waals surface area (Å²) in [5.41, 5.74) is 9.45. The SMILES string of the molecule is COc1cc(C)cc(C)c1-c1cc(CN)no1. The molecule has 0 radical (unpaired) electrons. The number of methoxy groups -OCH3 is 1. The van der Waals surface area contributed by atoms with Crippen molar-refractivity contribution < 1.29 is 9.26 Å². The van der Waals surface area contributed by atoms with Crippen molar-refractivity contribution in [2.75, 3.05) is 7.11 Å². The van der Waals surface area contributed by atoms with Gasteiger partial charge >= 0.3 is 0 Å². The van der Waals surface area contributed by atoms with Crippen LogP contribution in [-0.4, -0.2) is 12.3 Å². The zero-order valence-corrected chi connectivity index (χ0v) is 10.3. The van der Waals surface area contributed by atoms with Crippen LogP contribution in [0, 0.1) is 13.8 Å². The van der Waals surface area contributed by atoms with Gasteiger partial charge in [0, 0.05) is 12.6 Å². The van der Waals surface area contributed by atoms with Crippen LogP contribution in [-0.2, 0) is 6.54 Å². The molecule has 2 rings (SSSR count). The Morgan fingerprint density at radius 2 is 2.06 bits per heavy atom. The fourth-order valence-corrected chi connectivity index (χ4v) is 1.93. The number of rotatable bonds is 3. The maximum absolute atomic E-state index is 5.52. The molecule has 17 heavy (non-hydrogen) atoms. The van der Waals surface area contributed by atoms with Gasteiger partial charge < -0.3 is 15.0 Å². The summed E-state index contributed by atoms with van der Waals surface area (Å²) in [6.07, 6.45) is 0. The van der Waals surface area contributed by atoms with E-state index in [1.807, 2.05) is 26.0 Å². The van der Waals surface area contributed by atoms with E-state index in [1.54, 1.807) is 7.11 Å². The van der Waals surface area contributed by atoms with Crippen LogP contribution in [0.5, 0.6) is 5.75 Å². The van der Waals surface area contributed by atoms with Crippen LogP contribution in [0.4, 0.5) is 0 Å². The van der Waals surface area contributed by atoms with E-state index in [9.17, 15) is 0 Å². The van der Waals surface area contributed by atoms with Gasteiger partial charge in [-0.15, -0.1) is 0 Å². The van der Waals surface area contributed by atoms with Gasteiger partial charge in [0.1, 0.15) is 5.75 Å². The predicted octanol–water partition coefficient (Wildman–Crippen LogP) is 2.43. The summed E-state index contributed by atoms with van der Waals surface area (Å²) in [5, 5.41) is 3.89. The molecule has 0 fully saturated rings. The summed E-state index contributed by atoms with van der Waals surface area (Å²) in [6.45, 7) is 4.43. The molecular weight excluding hydrogens is 216 g/mol. The Morgan fingerprint density at radius 3 is 2.65 bits per heavy atom. The lowest BCUT2D eigenvalue weighted by atomic mass is 10.0. The lowest BCUT2D eigenvalue weighted by Gasteiger charge is -2.10. The van der Waals surface area contributed by atoms with E-state index in [0.717, 1.165) is 28.1 Å². The first-order valence-corrected chi connectivity index (χ1v) is 5.47. The van der Waals surface area contributed by atoms with Gasteiger partial charge in [-0.05, 0) is 31.0 Å². The molecule has 0 saturated carbocycles. The van der Waals surface area contributed by atoms with Crippen LogP contribution in [0.3, 0.4) is 0 Å². The lowest BCUT2D eigenvalue weighted by molar-refractivity contribution is 0.403. The highest BCUT2D eigenvalue weighted by molar-refractivity contribution is 5.70. The molecule has 1 heterocycles. The summed E-state index contributed by atoms with van der Waals surface area (Å²) >= 11 is 0. The molecule has 0 aliphatic heterocycles. The van der Waals surface area contributed by atoms with Crippen molar-refractivity contribution in [3.63, 3.8) is 0 Å². The van der Waals surface area contributed by atoms with Gasteiger partial charge in [0.05, 0.1) is 18.4 Å². The number of nitrogens with two attached hydrogens (primary N) is 1. The largest absolute Gasteiger partial charge is 0.496 e. The maximum atomic E-state index is 5.52. The van der Waals surface area contributed by atoms with Gasteiger partial charge in [0.15, 0.2) is 5.76 Å². The Kier molecular flexibility index (Phi) is 3.15. The minimum Gasteiger partial charge on any atom is -0.496 e. The normalized spacial score (nSPS) is 10.6. The quantitative estimate of drug-likeness (QED) is 0.882. The van der Waals surface area contributed by atoms with Crippen LogP contribution in [0.25, 0.3) is 11.3 Å². The number of aryl methyl sites for hydroxylation is 2. The summed E-state index contributed by atoms with van der Waals surface area (Å²) in [6, 6.07) is 5.91. The van der Waals surface area contributed by atoms with Gasteiger partial charge in [-0.3, -0.25) is 0 Å². The van der Waals surface area contributed by atoms with E-state index in [-0.39, 0.29) is 0 Å². The molecule has 0 bridgehead atoms. The van der Waals surface area contributed by atoms with Gasteiger partial charge in [-0.1, -0.05) is 11.2 Å².